The minimum atomic E-state index is -0.895. The van der Waals surface area contributed by atoms with Gasteiger partial charge < -0.3 is 35.0 Å². The number of aromatic nitrogens is 6. The molecule has 0 radical (unpaired) electrons. The number of H-pyrrole nitrogens is 2. The summed E-state index contributed by atoms with van der Waals surface area (Å²) in [5.41, 5.74) is 6.40. The van der Waals surface area contributed by atoms with Gasteiger partial charge in [0.1, 0.15) is 17.7 Å². The van der Waals surface area contributed by atoms with Crippen LogP contribution in [0.5, 0.6) is 0 Å². The van der Waals surface area contributed by atoms with Crippen LogP contribution in [0.3, 0.4) is 0 Å². The summed E-state index contributed by atoms with van der Waals surface area (Å²) >= 11 is 0. The highest BCUT2D eigenvalue weighted by Gasteiger charge is 2.52. The van der Waals surface area contributed by atoms with E-state index in [2.05, 4.69) is 54.8 Å². The first-order chi connectivity index (χ1) is 27.3. The molecule has 5 aromatic rings. The molecule has 14 heteroatoms. The molecule has 2 aliphatic carbocycles. The maximum Gasteiger partial charge on any atom is 0.407 e. The van der Waals surface area contributed by atoms with Crippen LogP contribution in [-0.4, -0.2) is 85.6 Å². The summed E-state index contributed by atoms with van der Waals surface area (Å²) in [5.74, 6) is 2.26. The number of rotatable bonds is 12. The molecule has 4 N–H and O–H groups in total. The van der Waals surface area contributed by atoms with Gasteiger partial charge in [0.15, 0.2) is 0 Å². The van der Waals surface area contributed by atoms with Gasteiger partial charge in [0, 0.05) is 55.8 Å². The summed E-state index contributed by atoms with van der Waals surface area (Å²) in [4.78, 5) is 66.2. The maximum absolute atomic E-state index is 13.6. The van der Waals surface area contributed by atoms with Gasteiger partial charge in [-0.2, -0.15) is 0 Å². The molecular formula is C42H47N9O5. The first-order valence-electron chi connectivity index (χ1n) is 19.3. The van der Waals surface area contributed by atoms with Crippen molar-refractivity contribution < 1.29 is 23.9 Å². The molecule has 3 unspecified atom stereocenters. The third-order valence-corrected chi connectivity index (χ3v) is 11.9. The zero-order valence-electron chi connectivity index (χ0n) is 31.8. The van der Waals surface area contributed by atoms with E-state index in [0.29, 0.717) is 30.7 Å². The Kier molecular flexibility index (Phi) is 10.6. The van der Waals surface area contributed by atoms with Crippen molar-refractivity contribution in [3.05, 3.63) is 96.7 Å². The molecule has 14 nitrogen and oxygen atoms in total. The fourth-order valence-corrected chi connectivity index (χ4v) is 8.92. The second-order valence-corrected chi connectivity index (χ2v) is 15.1. The van der Waals surface area contributed by atoms with Gasteiger partial charge >= 0.3 is 6.09 Å². The predicted molar refractivity (Wildman–Crippen MR) is 207 cm³/mol. The van der Waals surface area contributed by atoms with Crippen LogP contribution in [0.25, 0.3) is 33.8 Å². The number of nitrogens with zero attached hydrogens (tertiary/aromatic N) is 5. The number of ether oxygens (including phenoxy) is 2. The molecule has 0 spiro atoms. The third-order valence-electron chi connectivity index (χ3n) is 11.9. The Morgan fingerprint density at radius 1 is 0.857 bits per heavy atom. The molecule has 3 aliphatic rings. The number of nitrogens with one attached hydrogen (secondary N) is 4. The molecule has 3 amide bonds. The van der Waals surface area contributed by atoms with E-state index in [4.69, 9.17) is 19.4 Å². The number of likely N-dealkylation sites (tertiary alicyclic amines) is 1. The van der Waals surface area contributed by atoms with Gasteiger partial charge in [-0.1, -0.05) is 30.3 Å². The van der Waals surface area contributed by atoms with E-state index < -0.39 is 18.2 Å². The summed E-state index contributed by atoms with van der Waals surface area (Å²) in [5, 5.41) is 5.79. The topological polar surface area (TPSA) is 180 Å². The van der Waals surface area contributed by atoms with Crippen LogP contribution in [0.1, 0.15) is 68.2 Å². The fourth-order valence-electron chi connectivity index (χ4n) is 8.92. The quantitative estimate of drug-likeness (QED) is 0.123. The molecule has 2 saturated carbocycles. The number of carbonyl (C=O) groups is 3. The van der Waals surface area contributed by atoms with Crippen molar-refractivity contribution >= 4 is 17.9 Å². The van der Waals surface area contributed by atoms with E-state index in [1.165, 1.54) is 14.2 Å². The van der Waals surface area contributed by atoms with Gasteiger partial charge in [-0.3, -0.25) is 19.6 Å². The zero-order chi connectivity index (χ0) is 38.8. The summed E-state index contributed by atoms with van der Waals surface area (Å²) < 4.78 is 10.1. The lowest BCUT2D eigenvalue weighted by molar-refractivity contribution is -0.137. The molecule has 2 bridgehead atoms. The first kappa shape index (κ1) is 37.1. The van der Waals surface area contributed by atoms with Gasteiger partial charge in [-0.15, -0.1) is 0 Å². The van der Waals surface area contributed by atoms with E-state index in [1.807, 2.05) is 36.7 Å². The smallest absolute Gasteiger partial charge is 0.407 e. The van der Waals surface area contributed by atoms with Crippen LogP contribution >= 0.6 is 0 Å². The SMILES string of the molecule is COC(=O)N[C@H](C(=O)N1CCCC1c1ncc(-c2ccc(-c3ccc(-c4cnc([C@H]5C6CCC(C6)[C@@H]5C(=O)NCc5cccnc5)[nH]4)cc3)nc2)[nH]1)[C@@H](C)OC. The van der Waals surface area contributed by atoms with Gasteiger partial charge in [0.2, 0.25) is 11.8 Å². The highest BCUT2D eigenvalue weighted by molar-refractivity contribution is 5.87. The second kappa shape index (κ2) is 16.1. The average molecular weight is 758 g/mol. The van der Waals surface area contributed by atoms with Crippen LogP contribution in [0.2, 0.25) is 0 Å². The number of hydrogen-bond acceptors (Lipinski definition) is 9. The molecule has 5 heterocycles. The average Bonchev–Trinajstić information content (AvgIpc) is 4.10. The normalized spacial score (nSPS) is 22.5. The monoisotopic (exact) mass is 757 g/mol. The number of aromatic amines is 2. The molecule has 56 heavy (non-hydrogen) atoms. The van der Waals surface area contributed by atoms with E-state index in [0.717, 1.165) is 77.3 Å². The highest BCUT2D eigenvalue weighted by Crippen LogP contribution is 2.56. The van der Waals surface area contributed by atoms with Crippen molar-refractivity contribution in [1.82, 2.24) is 45.4 Å². The summed E-state index contributed by atoms with van der Waals surface area (Å²) in [6, 6.07) is 14.9. The minimum absolute atomic E-state index is 0.0799. The summed E-state index contributed by atoms with van der Waals surface area (Å²) in [6.45, 7) is 2.75. The fraction of sp³-hybridized carbons (Fsp3) is 0.405. The van der Waals surface area contributed by atoms with Crippen molar-refractivity contribution in [1.29, 1.82) is 0 Å². The lowest BCUT2D eigenvalue weighted by Gasteiger charge is -2.30. The molecule has 3 fully saturated rings. The van der Waals surface area contributed by atoms with Gasteiger partial charge in [-0.25, -0.2) is 14.8 Å². The molecule has 290 valence electrons. The molecule has 1 saturated heterocycles. The predicted octanol–water partition coefficient (Wildman–Crippen LogP) is 5.79. The Labute approximate surface area is 325 Å². The number of pyridine rings is 2. The van der Waals surface area contributed by atoms with Gasteiger partial charge in [0.05, 0.1) is 54.6 Å². The Hall–Kier alpha value is -5.89. The van der Waals surface area contributed by atoms with Crippen LogP contribution in [0.15, 0.2) is 79.5 Å². The van der Waals surface area contributed by atoms with Crippen molar-refractivity contribution in [2.24, 2.45) is 17.8 Å². The van der Waals surface area contributed by atoms with Crippen molar-refractivity contribution in [3.63, 3.8) is 0 Å². The summed E-state index contributed by atoms with van der Waals surface area (Å²) in [7, 11) is 2.76. The van der Waals surface area contributed by atoms with Crippen LogP contribution in [-0.2, 0) is 25.6 Å². The van der Waals surface area contributed by atoms with Crippen molar-refractivity contribution in [2.75, 3.05) is 20.8 Å². The molecular weight excluding hydrogens is 711 g/mol. The number of imidazole rings is 2. The number of amides is 3. The number of benzene rings is 1. The number of hydrogen-bond donors (Lipinski definition) is 4. The second-order valence-electron chi connectivity index (χ2n) is 15.1. The first-order valence-corrected chi connectivity index (χ1v) is 19.3. The van der Waals surface area contributed by atoms with Crippen LogP contribution < -0.4 is 10.6 Å². The maximum atomic E-state index is 13.6. The third kappa shape index (κ3) is 7.40. The number of fused-ring (bicyclic) bond motifs is 2. The summed E-state index contributed by atoms with van der Waals surface area (Å²) in [6.07, 6.45) is 12.6. The van der Waals surface area contributed by atoms with E-state index in [1.54, 1.807) is 30.4 Å². The molecule has 8 rings (SSSR count). The van der Waals surface area contributed by atoms with E-state index in [-0.39, 0.29) is 29.7 Å². The standard InChI is InChI=1S/C42H47N9O5/c1-24(55-2)37(50-42(54)56-3)41(53)51-17-5-7-34(51)38-45-23-33(48-38)30-14-15-31(44-21-30)26-8-10-27(11-9-26)32-22-46-39(49-32)35-28-12-13-29(18-28)36(35)40(52)47-20-25-6-4-16-43-19-25/h4,6,8-11,14-16,19,21-24,28-29,34-37H,5,7,12-13,17-18,20H2,1-3H3,(H,45,48)(H,46,49)(H,47,52)(H,50,54)/t24-,28?,29?,34?,35+,36+,37+/m1/s1. The van der Waals surface area contributed by atoms with Crippen molar-refractivity contribution in [3.8, 4) is 33.8 Å². The number of methoxy groups -OCH3 is 2. The Morgan fingerprint density at radius 3 is 2.32 bits per heavy atom. The number of alkyl carbamates (subject to hydrolysis) is 1. The Bertz CT molecular complexity index is 2150. The number of carbonyl (C=O) groups excluding carboxylic acids is 3. The molecule has 7 atom stereocenters. The molecule has 1 aromatic carbocycles. The lowest BCUT2D eigenvalue weighted by Crippen LogP contribution is -2.54. The van der Waals surface area contributed by atoms with E-state index in [9.17, 15) is 14.4 Å². The Morgan fingerprint density at radius 2 is 1.59 bits per heavy atom. The molecule has 4 aromatic heterocycles. The lowest BCUT2D eigenvalue weighted by atomic mass is 9.78. The van der Waals surface area contributed by atoms with Gasteiger partial charge in [-0.05, 0) is 80.2 Å². The minimum Gasteiger partial charge on any atom is -0.453 e. The van der Waals surface area contributed by atoms with E-state index >= 15 is 0 Å². The van der Waals surface area contributed by atoms with Crippen LogP contribution in [0.4, 0.5) is 4.79 Å². The van der Waals surface area contributed by atoms with Crippen LogP contribution in [0, 0.1) is 17.8 Å². The zero-order valence-corrected chi connectivity index (χ0v) is 31.8. The largest absolute Gasteiger partial charge is 0.453 e. The molecule has 1 aliphatic heterocycles. The Balaban J connectivity index is 0.918. The van der Waals surface area contributed by atoms with Gasteiger partial charge in [0.25, 0.3) is 0 Å². The highest BCUT2D eigenvalue weighted by atomic mass is 16.5. The van der Waals surface area contributed by atoms with Crippen molar-refractivity contribution in [2.45, 2.75) is 69.7 Å².